The van der Waals surface area contributed by atoms with Crippen molar-refractivity contribution in [3.8, 4) is 11.3 Å². The van der Waals surface area contributed by atoms with Crippen LogP contribution in [0.25, 0.3) is 11.3 Å². The fourth-order valence-electron chi connectivity index (χ4n) is 1.54. The van der Waals surface area contributed by atoms with Crippen LogP contribution >= 0.6 is 11.6 Å². The van der Waals surface area contributed by atoms with E-state index in [9.17, 15) is 4.79 Å². The van der Waals surface area contributed by atoms with Crippen LogP contribution in [0.1, 0.15) is 16.1 Å². The molecule has 0 aliphatic carbocycles. The number of carbonyl (C=O) groups excluding carboxylic acids is 1. The topological polar surface area (TPSA) is 30.0 Å². The normalized spacial score (nSPS) is 10.1. The minimum absolute atomic E-state index is 0.460. The zero-order valence-corrected chi connectivity index (χ0v) is 9.53. The van der Waals surface area contributed by atoms with Gasteiger partial charge in [0.15, 0.2) is 0 Å². The number of benzene rings is 1. The van der Waals surface area contributed by atoms with E-state index >= 15 is 0 Å². The molecule has 0 radical (unpaired) electrons. The fraction of sp³-hybridized carbons (Fsp3) is 0.0769. The van der Waals surface area contributed by atoms with Crippen LogP contribution in [0.5, 0.6) is 0 Å². The molecule has 80 valence electrons. The van der Waals surface area contributed by atoms with Crippen LogP contribution in [0.4, 0.5) is 0 Å². The predicted octanol–water partition coefficient (Wildman–Crippen LogP) is 3.44. The van der Waals surface area contributed by atoms with Crippen LogP contribution in [0.3, 0.4) is 0 Å². The summed E-state index contributed by atoms with van der Waals surface area (Å²) in [5.41, 5.74) is 2.99. The van der Waals surface area contributed by atoms with Crippen molar-refractivity contribution < 1.29 is 4.79 Å². The lowest BCUT2D eigenvalue weighted by molar-refractivity contribution is 0.108. The Balaban J connectivity index is 2.46. The maximum absolute atomic E-state index is 11.0. The van der Waals surface area contributed by atoms with Crippen molar-refractivity contribution in [2.75, 3.05) is 0 Å². The molecule has 16 heavy (non-hydrogen) atoms. The highest BCUT2D eigenvalue weighted by molar-refractivity contribution is 6.67. The Morgan fingerprint density at radius 1 is 1.12 bits per heavy atom. The van der Waals surface area contributed by atoms with Crippen LogP contribution in [-0.2, 0) is 0 Å². The molecule has 0 unspecified atom stereocenters. The van der Waals surface area contributed by atoms with E-state index in [1.807, 2.05) is 30.3 Å². The van der Waals surface area contributed by atoms with Crippen molar-refractivity contribution in [3.63, 3.8) is 0 Å². The molecule has 0 atom stereocenters. The van der Waals surface area contributed by atoms with Gasteiger partial charge < -0.3 is 0 Å². The van der Waals surface area contributed by atoms with E-state index in [2.05, 4.69) is 4.98 Å². The van der Waals surface area contributed by atoms with E-state index < -0.39 is 5.24 Å². The molecule has 2 rings (SSSR count). The maximum atomic E-state index is 11.0. The first-order chi connectivity index (χ1) is 7.68. The minimum Gasteiger partial charge on any atom is -0.276 e. The van der Waals surface area contributed by atoms with Crippen LogP contribution < -0.4 is 0 Å². The summed E-state index contributed by atoms with van der Waals surface area (Å²) in [5.74, 6) is 0. The van der Waals surface area contributed by atoms with E-state index in [4.69, 9.17) is 11.6 Å². The standard InChI is InChI=1S/C13H10ClNO/c1-9-11(13(14)16)7-8-12(15-9)10-5-3-2-4-6-10/h2-8H,1H3. The number of aryl methyl sites for hydroxylation is 1. The zero-order chi connectivity index (χ0) is 11.5. The highest BCUT2D eigenvalue weighted by atomic mass is 35.5. The van der Waals surface area contributed by atoms with Crippen molar-refractivity contribution in [1.82, 2.24) is 4.98 Å². The second-order valence-corrected chi connectivity index (χ2v) is 3.81. The Morgan fingerprint density at radius 3 is 2.38 bits per heavy atom. The van der Waals surface area contributed by atoms with Gasteiger partial charge in [-0.25, -0.2) is 0 Å². The number of rotatable bonds is 2. The van der Waals surface area contributed by atoms with Gasteiger partial charge in [-0.15, -0.1) is 0 Å². The lowest BCUT2D eigenvalue weighted by atomic mass is 10.1. The lowest BCUT2D eigenvalue weighted by Gasteiger charge is -2.04. The summed E-state index contributed by atoms with van der Waals surface area (Å²) in [4.78, 5) is 15.4. The lowest BCUT2D eigenvalue weighted by Crippen LogP contribution is -1.97. The maximum Gasteiger partial charge on any atom is 0.254 e. The summed E-state index contributed by atoms with van der Waals surface area (Å²) in [6.07, 6.45) is 0. The third kappa shape index (κ3) is 2.12. The molecule has 1 aromatic carbocycles. The number of aromatic nitrogens is 1. The van der Waals surface area contributed by atoms with Crippen molar-refractivity contribution in [2.45, 2.75) is 6.92 Å². The highest BCUT2D eigenvalue weighted by Crippen LogP contribution is 2.19. The van der Waals surface area contributed by atoms with Crippen LogP contribution in [0.15, 0.2) is 42.5 Å². The van der Waals surface area contributed by atoms with Gasteiger partial charge in [0.25, 0.3) is 5.24 Å². The smallest absolute Gasteiger partial charge is 0.254 e. The van der Waals surface area contributed by atoms with E-state index in [-0.39, 0.29) is 0 Å². The summed E-state index contributed by atoms with van der Waals surface area (Å²) in [7, 11) is 0. The first kappa shape index (κ1) is 10.8. The Morgan fingerprint density at radius 2 is 1.81 bits per heavy atom. The van der Waals surface area contributed by atoms with Gasteiger partial charge >= 0.3 is 0 Å². The molecule has 0 fully saturated rings. The number of hydrogen-bond donors (Lipinski definition) is 0. The molecular weight excluding hydrogens is 222 g/mol. The predicted molar refractivity (Wildman–Crippen MR) is 64.6 cm³/mol. The highest BCUT2D eigenvalue weighted by Gasteiger charge is 2.08. The molecule has 0 bridgehead atoms. The molecule has 0 N–H and O–H groups in total. The molecule has 0 amide bonds. The van der Waals surface area contributed by atoms with Crippen molar-refractivity contribution in [3.05, 3.63) is 53.7 Å². The fourth-order valence-corrected chi connectivity index (χ4v) is 1.74. The minimum atomic E-state index is -0.468. The second kappa shape index (κ2) is 4.45. The van der Waals surface area contributed by atoms with Crippen molar-refractivity contribution in [2.24, 2.45) is 0 Å². The monoisotopic (exact) mass is 231 g/mol. The Bertz CT molecular complexity index is 523. The van der Waals surface area contributed by atoms with Gasteiger partial charge in [-0.3, -0.25) is 9.78 Å². The van der Waals surface area contributed by atoms with Crippen molar-refractivity contribution >= 4 is 16.8 Å². The third-order valence-electron chi connectivity index (χ3n) is 2.37. The molecular formula is C13H10ClNO. The molecule has 2 nitrogen and oxygen atoms in total. The van der Waals surface area contributed by atoms with Crippen molar-refractivity contribution in [1.29, 1.82) is 0 Å². The molecule has 1 aromatic heterocycles. The van der Waals surface area contributed by atoms with E-state index in [1.165, 1.54) is 0 Å². The average molecular weight is 232 g/mol. The zero-order valence-electron chi connectivity index (χ0n) is 8.77. The summed E-state index contributed by atoms with van der Waals surface area (Å²) in [6.45, 7) is 1.78. The average Bonchev–Trinajstić information content (AvgIpc) is 2.29. The van der Waals surface area contributed by atoms with E-state index in [0.29, 0.717) is 11.3 Å². The van der Waals surface area contributed by atoms with E-state index in [0.717, 1.165) is 11.3 Å². The van der Waals surface area contributed by atoms with Gasteiger partial charge in [0.05, 0.1) is 17.0 Å². The number of hydrogen-bond acceptors (Lipinski definition) is 2. The molecule has 1 heterocycles. The second-order valence-electron chi connectivity index (χ2n) is 3.47. The molecule has 2 aromatic rings. The van der Waals surface area contributed by atoms with Gasteiger partial charge in [-0.05, 0) is 30.7 Å². The van der Waals surface area contributed by atoms with Crippen LogP contribution in [0.2, 0.25) is 0 Å². The van der Waals surface area contributed by atoms with Gasteiger partial charge in [0.2, 0.25) is 0 Å². The number of nitrogens with zero attached hydrogens (tertiary/aromatic N) is 1. The molecule has 0 aliphatic heterocycles. The quantitative estimate of drug-likeness (QED) is 0.742. The van der Waals surface area contributed by atoms with Gasteiger partial charge in [0, 0.05) is 5.56 Å². The van der Waals surface area contributed by atoms with Gasteiger partial charge in [0.1, 0.15) is 0 Å². The summed E-state index contributed by atoms with van der Waals surface area (Å²) >= 11 is 5.43. The Hall–Kier alpha value is -1.67. The van der Waals surface area contributed by atoms with E-state index in [1.54, 1.807) is 19.1 Å². The summed E-state index contributed by atoms with van der Waals surface area (Å²) in [5, 5.41) is -0.468. The number of pyridine rings is 1. The summed E-state index contributed by atoms with van der Waals surface area (Å²) in [6, 6.07) is 13.3. The van der Waals surface area contributed by atoms with Gasteiger partial charge in [-0.1, -0.05) is 30.3 Å². The molecule has 0 saturated carbocycles. The number of halogens is 1. The number of carbonyl (C=O) groups is 1. The largest absolute Gasteiger partial charge is 0.276 e. The van der Waals surface area contributed by atoms with Gasteiger partial charge in [-0.2, -0.15) is 0 Å². The Kier molecular flexibility index (Phi) is 3.02. The first-order valence-corrected chi connectivity index (χ1v) is 5.29. The van der Waals surface area contributed by atoms with Crippen LogP contribution in [0, 0.1) is 6.92 Å². The molecule has 0 spiro atoms. The van der Waals surface area contributed by atoms with Crippen LogP contribution in [-0.4, -0.2) is 10.2 Å². The Labute approximate surface area is 98.9 Å². The SMILES string of the molecule is Cc1nc(-c2ccccc2)ccc1C(=O)Cl. The third-order valence-corrected chi connectivity index (χ3v) is 2.57. The molecule has 0 aliphatic rings. The molecule has 3 heteroatoms. The summed E-state index contributed by atoms with van der Waals surface area (Å²) < 4.78 is 0. The first-order valence-electron chi connectivity index (χ1n) is 4.91. The molecule has 0 saturated heterocycles.